The minimum atomic E-state index is -1.77. The van der Waals surface area contributed by atoms with Crippen molar-refractivity contribution in [2.75, 3.05) is 0 Å². The van der Waals surface area contributed by atoms with Crippen LogP contribution in [0.2, 0.25) is 50.4 Å². The van der Waals surface area contributed by atoms with Crippen molar-refractivity contribution in [1.82, 2.24) is 4.98 Å². The van der Waals surface area contributed by atoms with Crippen LogP contribution in [0.1, 0.15) is 6.42 Å². The van der Waals surface area contributed by atoms with Gasteiger partial charge in [-0.1, -0.05) is 0 Å². The Balaban J connectivity index is 4.51. The summed E-state index contributed by atoms with van der Waals surface area (Å²) in [7, 11) is -3.20. The van der Waals surface area contributed by atoms with Crippen molar-refractivity contribution >= 4 is 37.5 Å². The third kappa shape index (κ3) is 10.0. The molecule has 0 aromatic carbocycles. The molecule has 1 N–H and O–H groups in total. The fraction of sp³-hybridized carbons (Fsp3) is 0.909. The van der Waals surface area contributed by atoms with E-state index in [-0.39, 0.29) is 12.0 Å². The zero-order chi connectivity index (χ0) is 13.7. The molecule has 0 saturated carbocycles. The van der Waals surface area contributed by atoms with Crippen LogP contribution < -0.4 is 4.98 Å². The number of hydrogen-bond acceptors (Lipinski definition) is 3. The molecule has 0 amide bonds. The number of carbonyl (C=O) groups excluding carboxylic acids is 1. The van der Waals surface area contributed by atoms with Gasteiger partial charge in [0.2, 0.25) is 0 Å². The molecule has 0 aliphatic rings. The summed E-state index contributed by atoms with van der Waals surface area (Å²) in [5.41, 5.74) is 0. The molecule has 0 aliphatic heterocycles. The summed E-state index contributed by atoms with van der Waals surface area (Å²) < 4.78 is 5.61. The molecule has 0 radical (unpaired) electrons. The van der Waals surface area contributed by atoms with Crippen LogP contribution in [0.5, 0.6) is 0 Å². The number of hydrogen-bond donors (Lipinski definition) is 1. The summed E-state index contributed by atoms with van der Waals surface area (Å²) in [5.74, 6) is 2.18. The van der Waals surface area contributed by atoms with E-state index < -0.39 is 16.6 Å². The molecular formula is C11H27NO2SeSi2. The normalized spacial score (nSPS) is 14.5. The third-order valence-electron chi connectivity index (χ3n) is 1.91. The van der Waals surface area contributed by atoms with Gasteiger partial charge in [-0.15, -0.1) is 0 Å². The Morgan fingerprint density at radius 1 is 1.24 bits per heavy atom. The van der Waals surface area contributed by atoms with Gasteiger partial charge < -0.3 is 0 Å². The maximum atomic E-state index is 12.1. The first-order valence-electron chi connectivity index (χ1n) is 6.04. The fourth-order valence-corrected chi connectivity index (χ4v) is 4.42. The number of carbonyl (C=O) groups is 1. The van der Waals surface area contributed by atoms with E-state index in [1.54, 1.807) is 0 Å². The standard InChI is InChI=1S/C11H27NO2SeSi2/c1-15-9-8-10(12-16(2,3)4)11(13)14-17(5,6)7/h10,12H,8-9H2,1-7H3. The summed E-state index contributed by atoms with van der Waals surface area (Å²) >= 11 is 0.624. The van der Waals surface area contributed by atoms with E-state index in [1.807, 2.05) is 0 Å². The molecule has 1 unspecified atom stereocenters. The molecule has 102 valence electrons. The van der Waals surface area contributed by atoms with Crippen molar-refractivity contribution in [3.8, 4) is 0 Å². The Morgan fingerprint density at radius 2 is 1.76 bits per heavy atom. The third-order valence-corrected chi connectivity index (χ3v) is 5.29. The van der Waals surface area contributed by atoms with Crippen LogP contribution in [0.15, 0.2) is 0 Å². The molecule has 0 saturated heterocycles. The van der Waals surface area contributed by atoms with E-state index in [9.17, 15) is 4.79 Å². The van der Waals surface area contributed by atoms with Crippen LogP contribution in [0.4, 0.5) is 0 Å². The molecule has 0 aromatic heterocycles. The molecule has 0 fully saturated rings. The second kappa shape index (κ2) is 7.09. The average Bonchev–Trinajstić information content (AvgIpc) is 2.07. The first-order chi connectivity index (χ1) is 7.55. The van der Waals surface area contributed by atoms with Crippen molar-refractivity contribution in [1.29, 1.82) is 0 Å². The Bertz CT molecular complexity index is 249. The van der Waals surface area contributed by atoms with Gasteiger partial charge in [-0.05, 0) is 0 Å². The van der Waals surface area contributed by atoms with Crippen LogP contribution in [-0.4, -0.2) is 43.5 Å². The summed E-state index contributed by atoms with van der Waals surface area (Å²) in [6.07, 6.45) is 0.921. The van der Waals surface area contributed by atoms with Crippen LogP contribution in [0.25, 0.3) is 0 Å². The Hall–Kier alpha value is 0.383. The van der Waals surface area contributed by atoms with Gasteiger partial charge in [-0.25, -0.2) is 0 Å². The quantitative estimate of drug-likeness (QED) is 0.724. The van der Waals surface area contributed by atoms with E-state index in [0.29, 0.717) is 15.0 Å². The van der Waals surface area contributed by atoms with E-state index in [4.69, 9.17) is 4.43 Å². The molecule has 3 nitrogen and oxygen atoms in total. The van der Waals surface area contributed by atoms with Crippen molar-refractivity contribution in [3.05, 3.63) is 0 Å². The molecule has 1 atom stereocenters. The molecule has 0 spiro atoms. The summed E-state index contributed by atoms with van der Waals surface area (Å²) in [4.78, 5) is 15.6. The first-order valence-corrected chi connectivity index (χ1v) is 15.9. The second-order valence-electron chi connectivity index (χ2n) is 6.26. The maximum absolute atomic E-state index is 12.1. The topological polar surface area (TPSA) is 38.3 Å². The molecule has 0 heterocycles. The number of rotatable bonds is 7. The fourth-order valence-electron chi connectivity index (χ4n) is 1.38. The summed E-state index contributed by atoms with van der Waals surface area (Å²) in [6, 6.07) is -0.0878. The zero-order valence-electron chi connectivity index (χ0n) is 12.2. The Labute approximate surface area is 114 Å². The van der Waals surface area contributed by atoms with Crippen molar-refractivity contribution < 1.29 is 9.22 Å². The Kier molecular flexibility index (Phi) is 7.25. The molecular weight excluding hydrogens is 313 g/mol. The van der Waals surface area contributed by atoms with Crippen molar-refractivity contribution in [2.24, 2.45) is 0 Å². The van der Waals surface area contributed by atoms with Crippen LogP contribution in [0, 0.1) is 0 Å². The van der Waals surface area contributed by atoms with Crippen LogP contribution in [-0.2, 0) is 9.22 Å². The SMILES string of the molecule is C[Se]CCC(N[Si](C)(C)C)C(=O)O[Si](C)(C)C. The van der Waals surface area contributed by atoms with Gasteiger partial charge in [-0.2, -0.15) is 0 Å². The molecule has 0 aliphatic carbocycles. The first kappa shape index (κ1) is 17.4. The van der Waals surface area contributed by atoms with Crippen molar-refractivity contribution in [2.45, 2.75) is 62.9 Å². The molecule has 17 heavy (non-hydrogen) atoms. The Morgan fingerprint density at radius 3 is 2.12 bits per heavy atom. The van der Waals surface area contributed by atoms with Gasteiger partial charge in [0.1, 0.15) is 0 Å². The van der Waals surface area contributed by atoms with Gasteiger partial charge in [0.15, 0.2) is 0 Å². The monoisotopic (exact) mass is 341 g/mol. The zero-order valence-corrected chi connectivity index (χ0v) is 15.9. The average molecular weight is 340 g/mol. The minimum absolute atomic E-state index is 0.0316. The molecule has 0 rings (SSSR count). The van der Waals surface area contributed by atoms with E-state index >= 15 is 0 Å². The van der Waals surface area contributed by atoms with Crippen LogP contribution in [0.3, 0.4) is 0 Å². The predicted octanol–water partition coefficient (Wildman–Crippen LogP) is 2.72. The number of nitrogens with one attached hydrogen (secondary N) is 1. The van der Waals surface area contributed by atoms with Crippen molar-refractivity contribution in [3.63, 3.8) is 0 Å². The van der Waals surface area contributed by atoms with Gasteiger partial charge in [0.25, 0.3) is 0 Å². The van der Waals surface area contributed by atoms with Gasteiger partial charge in [0.05, 0.1) is 0 Å². The second-order valence-corrected chi connectivity index (χ2v) is 17.5. The molecule has 0 aromatic rings. The summed E-state index contributed by atoms with van der Waals surface area (Å²) in [6.45, 7) is 12.8. The van der Waals surface area contributed by atoms with E-state index in [0.717, 1.165) is 11.7 Å². The predicted molar refractivity (Wildman–Crippen MR) is 80.7 cm³/mol. The summed E-state index contributed by atoms with van der Waals surface area (Å²) in [5, 5.41) is 1.13. The van der Waals surface area contributed by atoms with Gasteiger partial charge in [0, 0.05) is 0 Å². The molecule has 0 bridgehead atoms. The van der Waals surface area contributed by atoms with E-state index in [2.05, 4.69) is 50.1 Å². The van der Waals surface area contributed by atoms with E-state index in [1.165, 1.54) is 0 Å². The van der Waals surface area contributed by atoms with Gasteiger partial charge in [-0.3, -0.25) is 0 Å². The van der Waals surface area contributed by atoms with Gasteiger partial charge >= 0.3 is 115 Å². The molecule has 6 heteroatoms. The van der Waals surface area contributed by atoms with Crippen LogP contribution >= 0.6 is 0 Å².